The van der Waals surface area contributed by atoms with Gasteiger partial charge in [0, 0.05) is 11.5 Å². The summed E-state index contributed by atoms with van der Waals surface area (Å²) in [5.74, 6) is 0.172. The van der Waals surface area contributed by atoms with Crippen LogP contribution in [-0.2, 0) is 0 Å². The number of carbonyl (C=O) groups is 1. The Balaban J connectivity index is 1.98. The van der Waals surface area contributed by atoms with E-state index in [2.05, 4.69) is 4.98 Å². The van der Waals surface area contributed by atoms with Crippen molar-refractivity contribution in [3.8, 4) is 11.6 Å². The molecule has 2 aromatic carbocycles. The highest BCUT2D eigenvalue weighted by molar-refractivity contribution is 6.02. The largest absolute Gasteiger partial charge is 0.478 e. The molecule has 21 heavy (non-hydrogen) atoms. The van der Waals surface area contributed by atoms with Gasteiger partial charge in [0.05, 0.1) is 11.1 Å². The molecule has 0 amide bonds. The molecule has 0 radical (unpaired) electrons. The highest BCUT2D eigenvalue weighted by Crippen LogP contribution is 2.24. The summed E-state index contributed by atoms with van der Waals surface area (Å²) in [7, 11) is 0. The Morgan fingerprint density at radius 3 is 2.52 bits per heavy atom. The zero-order chi connectivity index (χ0) is 14.8. The van der Waals surface area contributed by atoms with Crippen molar-refractivity contribution >= 4 is 16.9 Å². The molecule has 3 aromatic rings. The molecule has 0 spiro atoms. The summed E-state index contributed by atoms with van der Waals surface area (Å²) < 4.78 is 5.68. The summed E-state index contributed by atoms with van der Waals surface area (Å²) >= 11 is 0. The number of hydrogen-bond acceptors (Lipinski definition) is 3. The fourth-order valence-corrected chi connectivity index (χ4v) is 2.11. The molecule has 0 saturated carbocycles. The van der Waals surface area contributed by atoms with Crippen LogP contribution in [0.3, 0.4) is 0 Å². The van der Waals surface area contributed by atoms with Crippen molar-refractivity contribution in [1.82, 2.24) is 4.98 Å². The molecule has 104 valence electrons. The number of aromatic carboxylic acids is 1. The van der Waals surface area contributed by atoms with Crippen LogP contribution in [0.25, 0.3) is 10.9 Å². The van der Waals surface area contributed by atoms with E-state index in [4.69, 9.17) is 9.84 Å². The van der Waals surface area contributed by atoms with E-state index in [0.29, 0.717) is 22.5 Å². The van der Waals surface area contributed by atoms with E-state index in [-0.39, 0.29) is 5.56 Å². The maximum atomic E-state index is 11.2. The molecule has 0 bridgehead atoms. The number of fused-ring (bicyclic) bond motifs is 1. The Bertz CT molecular complexity index is 810. The van der Waals surface area contributed by atoms with E-state index < -0.39 is 5.97 Å². The number of benzene rings is 2. The van der Waals surface area contributed by atoms with Crippen LogP contribution in [0.2, 0.25) is 0 Å². The van der Waals surface area contributed by atoms with Crippen LogP contribution in [0.5, 0.6) is 11.6 Å². The minimum Gasteiger partial charge on any atom is -0.478 e. The maximum Gasteiger partial charge on any atom is 0.336 e. The van der Waals surface area contributed by atoms with Gasteiger partial charge in [-0.1, -0.05) is 23.8 Å². The minimum atomic E-state index is -0.963. The number of pyridine rings is 1. The van der Waals surface area contributed by atoms with Crippen molar-refractivity contribution in [3.63, 3.8) is 0 Å². The number of rotatable bonds is 3. The van der Waals surface area contributed by atoms with E-state index in [1.807, 2.05) is 31.2 Å². The molecule has 0 aliphatic heterocycles. The molecule has 4 nitrogen and oxygen atoms in total. The van der Waals surface area contributed by atoms with Gasteiger partial charge in [0.25, 0.3) is 0 Å². The van der Waals surface area contributed by atoms with E-state index in [9.17, 15) is 4.79 Å². The quantitative estimate of drug-likeness (QED) is 0.786. The smallest absolute Gasteiger partial charge is 0.336 e. The van der Waals surface area contributed by atoms with Gasteiger partial charge in [0.1, 0.15) is 5.75 Å². The van der Waals surface area contributed by atoms with Crippen LogP contribution in [0.1, 0.15) is 15.9 Å². The monoisotopic (exact) mass is 279 g/mol. The van der Waals surface area contributed by atoms with Crippen LogP contribution < -0.4 is 4.74 Å². The Morgan fingerprint density at radius 1 is 1.05 bits per heavy atom. The summed E-state index contributed by atoms with van der Waals surface area (Å²) in [6.45, 7) is 2.01. The molecule has 0 aliphatic carbocycles. The third kappa shape index (κ3) is 2.69. The summed E-state index contributed by atoms with van der Waals surface area (Å²) in [5, 5.41) is 9.75. The molecule has 1 N–H and O–H groups in total. The summed E-state index contributed by atoms with van der Waals surface area (Å²) in [5.41, 5.74) is 1.99. The van der Waals surface area contributed by atoms with Crippen LogP contribution in [0.4, 0.5) is 0 Å². The predicted molar refractivity (Wildman–Crippen MR) is 80.0 cm³/mol. The number of aromatic nitrogens is 1. The fourth-order valence-electron chi connectivity index (χ4n) is 2.11. The Labute approximate surface area is 121 Å². The minimum absolute atomic E-state index is 0.238. The number of aryl methyl sites for hydroxylation is 1. The van der Waals surface area contributed by atoms with Crippen molar-refractivity contribution in [2.45, 2.75) is 6.92 Å². The first-order chi connectivity index (χ1) is 10.1. The number of ether oxygens (including phenoxy) is 1. The van der Waals surface area contributed by atoms with Crippen molar-refractivity contribution in [3.05, 3.63) is 65.7 Å². The first kappa shape index (κ1) is 13.1. The molecule has 4 heteroatoms. The van der Waals surface area contributed by atoms with Crippen LogP contribution in [0.15, 0.2) is 54.6 Å². The summed E-state index contributed by atoms with van der Waals surface area (Å²) in [6.07, 6.45) is 0. The first-order valence-corrected chi connectivity index (χ1v) is 6.51. The van der Waals surface area contributed by atoms with E-state index in [1.165, 1.54) is 0 Å². The number of hydrogen-bond donors (Lipinski definition) is 1. The zero-order valence-electron chi connectivity index (χ0n) is 11.4. The van der Waals surface area contributed by atoms with Crippen molar-refractivity contribution in [2.24, 2.45) is 0 Å². The molecular weight excluding hydrogens is 266 g/mol. The molecule has 0 aliphatic rings. The van der Waals surface area contributed by atoms with Gasteiger partial charge >= 0.3 is 5.97 Å². The zero-order valence-corrected chi connectivity index (χ0v) is 11.4. The van der Waals surface area contributed by atoms with Gasteiger partial charge in [-0.05, 0) is 37.3 Å². The summed E-state index contributed by atoms with van der Waals surface area (Å²) in [6, 6.07) is 16.1. The maximum absolute atomic E-state index is 11.2. The standard InChI is InChI=1S/C17H13NO3/c1-11-5-7-12(8-6-11)21-16-10-9-13-14(17(19)20)3-2-4-15(13)18-16/h2-10H,1H3,(H,19,20). The highest BCUT2D eigenvalue weighted by atomic mass is 16.5. The molecule has 0 saturated heterocycles. The lowest BCUT2D eigenvalue weighted by Gasteiger charge is -2.07. The molecular formula is C17H13NO3. The first-order valence-electron chi connectivity index (χ1n) is 6.51. The third-order valence-electron chi connectivity index (χ3n) is 3.18. The molecule has 0 atom stereocenters. The van der Waals surface area contributed by atoms with Gasteiger partial charge < -0.3 is 9.84 Å². The van der Waals surface area contributed by atoms with Gasteiger partial charge in [-0.3, -0.25) is 0 Å². The normalized spacial score (nSPS) is 10.5. The second-order valence-corrected chi connectivity index (χ2v) is 4.74. The van der Waals surface area contributed by atoms with Gasteiger partial charge in [-0.25, -0.2) is 9.78 Å². The van der Waals surface area contributed by atoms with Gasteiger partial charge in [0.2, 0.25) is 5.88 Å². The lowest BCUT2D eigenvalue weighted by atomic mass is 10.1. The lowest BCUT2D eigenvalue weighted by molar-refractivity contribution is 0.0699. The fraction of sp³-hybridized carbons (Fsp3) is 0.0588. The van der Waals surface area contributed by atoms with Crippen molar-refractivity contribution in [2.75, 3.05) is 0 Å². The van der Waals surface area contributed by atoms with Gasteiger partial charge in [-0.2, -0.15) is 0 Å². The van der Waals surface area contributed by atoms with E-state index in [1.54, 1.807) is 30.3 Å². The van der Waals surface area contributed by atoms with Crippen molar-refractivity contribution < 1.29 is 14.6 Å². The third-order valence-corrected chi connectivity index (χ3v) is 3.18. The van der Waals surface area contributed by atoms with Crippen LogP contribution in [-0.4, -0.2) is 16.1 Å². The number of carboxylic acids is 1. The Morgan fingerprint density at radius 2 is 1.81 bits per heavy atom. The SMILES string of the molecule is Cc1ccc(Oc2ccc3c(C(=O)O)cccc3n2)cc1. The molecule has 3 rings (SSSR count). The van der Waals surface area contributed by atoms with E-state index >= 15 is 0 Å². The van der Waals surface area contributed by atoms with Crippen LogP contribution >= 0.6 is 0 Å². The Hall–Kier alpha value is -2.88. The molecule has 0 fully saturated rings. The average molecular weight is 279 g/mol. The van der Waals surface area contributed by atoms with Gasteiger partial charge in [0.15, 0.2) is 0 Å². The number of nitrogens with zero attached hydrogens (tertiary/aromatic N) is 1. The Kier molecular flexibility index (Phi) is 3.28. The second-order valence-electron chi connectivity index (χ2n) is 4.74. The average Bonchev–Trinajstić information content (AvgIpc) is 2.48. The van der Waals surface area contributed by atoms with Gasteiger partial charge in [-0.15, -0.1) is 0 Å². The summed E-state index contributed by atoms with van der Waals surface area (Å²) in [4.78, 5) is 15.5. The molecule has 0 unspecified atom stereocenters. The lowest BCUT2D eigenvalue weighted by Crippen LogP contribution is -1.98. The second kappa shape index (κ2) is 5.25. The molecule has 1 heterocycles. The number of carboxylic acid groups (broad SMARTS) is 1. The van der Waals surface area contributed by atoms with E-state index in [0.717, 1.165) is 5.56 Å². The van der Waals surface area contributed by atoms with Crippen LogP contribution in [0, 0.1) is 6.92 Å². The molecule has 1 aromatic heterocycles. The highest BCUT2D eigenvalue weighted by Gasteiger charge is 2.09. The topological polar surface area (TPSA) is 59.4 Å². The van der Waals surface area contributed by atoms with Crippen molar-refractivity contribution in [1.29, 1.82) is 0 Å². The predicted octanol–water partition coefficient (Wildman–Crippen LogP) is 4.03.